The van der Waals surface area contributed by atoms with Crippen molar-refractivity contribution in [2.24, 2.45) is 0 Å². The molecule has 1 heterocycles. The van der Waals surface area contributed by atoms with Gasteiger partial charge in [-0.05, 0) is 36.5 Å². The van der Waals surface area contributed by atoms with Crippen LogP contribution in [0.1, 0.15) is 34.7 Å². The Morgan fingerprint density at radius 1 is 1.21 bits per heavy atom. The summed E-state index contributed by atoms with van der Waals surface area (Å²) < 4.78 is 4.65. The summed E-state index contributed by atoms with van der Waals surface area (Å²) >= 11 is 0. The SMILES string of the molecule is COC(=O)c1ccc(C2CCN(C(=O)O)CC2)cc1. The second-order valence-electron chi connectivity index (χ2n) is 4.66. The lowest BCUT2D eigenvalue weighted by molar-refractivity contribution is 0.0600. The molecule has 1 aliphatic heterocycles. The van der Waals surface area contributed by atoms with E-state index in [1.54, 1.807) is 12.1 Å². The molecule has 1 fully saturated rings. The van der Waals surface area contributed by atoms with Gasteiger partial charge in [0, 0.05) is 13.1 Å². The maximum Gasteiger partial charge on any atom is 0.407 e. The van der Waals surface area contributed by atoms with Crippen LogP contribution in [0.4, 0.5) is 4.79 Å². The lowest BCUT2D eigenvalue weighted by Gasteiger charge is -2.30. The maximum atomic E-state index is 11.3. The van der Waals surface area contributed by atoms with E-state index in [9.17, 15) is 9.59 Å². The molecule has 1 amide bonds. The summed E-state index contributed by atoms with van der Waals surface area (Å²) in [5.41, 5.74) is 1.69. The zero-order valence-electron chi connectivity index (χ0n) is 10.8. The van der Waals surface area contributed by atoms with Gasteiger partial charge in [-0.25, -0.2) is 9.59 Å². The molecule has 5 heteroatoms. The van der Waals surface area contributed by atoms with Crippen LogP contribution in [0, 0.1) is 0 Å². The molecule has 0 atom stereocenters. The topological polar surface area (TPSA) is 66.8 Å². The average molecular weight is 263 g/mol. The van der Waals surface area contributed by atoms with E-state index in [0.29, 0.717) is 24.6 Å². The molecule has 2 rings (SSSR count). The van der Waals surface area contributed by atoms with Gasteiger partial charge in [0.15, 0.2) is 0 Å². The fourth-order valence-corrected chi connectivity index (χ4v) is 2.41. The molecule has 5 nitrogen and oxygen atoms in total. The van der Waals surface area contributed by atoms with E-state index in [0.717, 1.165) is 18.4 Å². The zero-order chi connectivity index (χ0) is 13.8. The summed E-state index contributed by atoms with van der Waals surface area (Å²) in [7, 11) is 1.36. The fourth-order valence-electron chi connectivity index (χ4n) is 2.41. The van der Waals surface area contributed by atoms with Gasteiger partial charge in [0.1, 0.15) is 0 Å². The Labute approximate surface area is 111 Å². The molecule has 1 aromatic carbocycles. The predicted molar refractivity (Wildman–Crippen MR) is 69.4 cm³/mol. The van der Waals surface area contributed by atoms with Crippen molar-refractivity contribution >= 4 is 12.1 Å². The lowest BCUT2D eigenvalue weighted by Crippen LogP contribution is -2.36. The van der Waals surface area contributed by atoms with Crippen LogP contribution in [0.2, 0.25) is 0 Å². The summed E-state index contributed by atoms with van der Waals surface area (Å²) in [5.74, 6) is 0.0227. The molecule has 102 valence electrons. The van der Waals surface area contributed by atoms with Crippen LogP contribution in [0.25, 0.3) is 0 Å². The van der Waals surface area contributed by atoms with E-state index in [2.05, 4.69) is 4.74 Å². The van der Waals surface area contributed by atoms with Crippen molar-refractivity contribution in [2.45, 2.75) is 18.8 Å². The number of carbonyl (C=O) groups excluding carboxylic acids is 1. The van der Waals surface area contributed by atoms with Gasteiger partial charge in [0.2, 0.25) is 0 Å². The van der Waals surface area contributed by atoms with Crippen LogP contribution in [0.15, 0.2) is 24.3 Å². The largest absolute Gasteiger partial charge is 0.465 e. The number of rotatable bonds is 2. The number of piperidine rings is 1. The Morgan fingerprint density at radius 2 is 1.79 bits per heavy atom. The molecule has 0 bridgehead atoms. The summed E-state index contributed by atoms with van der Waals surface area (Å²) in [6.45, 7) is 1.14. The monoisotopic (exact) mass is 263 g/mol. The number of hydrogen-bond acceptors (Lipinski definition) is 3. The van der Waals surface area contributed by atoms with Crippen molar-refractivity contribution < 1.29 is 19.4 Å². The second kappa shape index (κ2) is 5.73. The minimum Gasteiger partial charge on any atom is -0.465 e. The Bertz CT molecular complexity index is 461. The van der Waals surface area contributed by atoms with Crippen molar-refractivity contribution in [1.29, 1.82) is 0 Å². The first-order valence-corrected chi connectivity index (χ1v) is 6.28. The van der Waals surface area contributed by atoms with Gasteiger partial charge in [-0.2, -0.15) is 0 Å². The molecule has 0 aliphatic carbocycles. The average Bonchev–Trinajstić information content (AvgIpc) is 2.46. The van der Waals surface area contributed by atoms with Crippen molar-refractivity contribution in [3.8, 4) is 0 Å². The van der Waals surface area contributed by atoms with Crippen LogP contribution in [0.3, 0.4) is 0 Å². The third-order valence-electron chi connectivity index (χ3n) is 3.57. The number of carboxylic acid groups (broad SMARTS) is 1. The number of likely N-dealkylation sites (tertiary alicyclic amines) is 1. The Hall–Kier alpha value is -2.04. The van der Waals surface area contributed by atoms with E-state index in [1.807, 2.05) is 12.1 Å². The number of carbonyl (C=O) groups is 2. The normalized spacial score (nSPS) is 16.2. The maximum absolute atomic E-state index is 11.3. The van der Waals surface area contributed by atoms with Gasteiger partial charge < -0.3 is 14.7 Å². The molecule has 0 unspecified atom stereocenters. The van der Waals surface area contributed by atoms with E-state index in [1.165, 1.54) is 12.0 Å². The van der Waals surface area contributed by atoms with Crippen molar-refractivity contribution in [1.82, 2.24) is 4.90 Å². The molecule has 1 aliphatic rings. The predicted octanol–water partition coefficient (Wildman–Crippen LogP) is 2.33. The number of esters is 1. The standard InChI is InChI=1S/C14H17NO4/c1-19-13(16)12-4-2-10(3-5-12)11-6-8-15(9-7-11)14(17)18/h2-5,11H,6-9H2,1H3,(H,17,18). The van der Waals surface area contributed by atoms with E-state index < -0.39 is 6.09 Å². The van der Waals surface area contributed by atoms with Gasteiger partial charge in [-0.3, -0.25) is 0 Å². The number of amides is 1. The molecule has 1 saturated heterocycles. The van der Waals surface area contributed by atoms with Gasteiger partial charge >= 0.3 is 12.1 Å². The highest BCUT2D eigenvalue weighted by molar-refractivity contribution is 5.89. The molecular formula is C14H17NO4. The van der Waals surface area contributed by atoms with Crippen LogP contribution < -0.4 is 0 Å². The van der Waals surface area contributed by atoms with E-state index >= 15 is 0 Å². The molecule has 0 radical (unpaired) electrons. The highest BCUT2D eigenvalue weighted by Gasteiger charge is 2.23. The summed E-state index contributed by atoms with van der Waals surface area (Å²) in [5, 5.41) is 8.89. The third-order valence-corrected chi connectivity index (χ3v) is 3.57. The molecule has 1 aromatic rings. The van der Waals surface area contributed by atoms with E-state index in [4.69, 9.17) is 5.11 Å². The van der Waals surface area contributed by atoms with Crippen LogP contribution in [-0.2, 0) is 4.74 Å². The van der Waals surface area contributed by atoms with Crippen molar-refractivity contribution in [3.05, 3.63) is 35.4 Å². The summed E-state index contributed by atoms with van der Waals surface area (Å²) in [6.07, 6.45) is 0.799. The van der Waals surface area contributed by atoms with Gasteiger partial charge in [-0.15, -0.1) is 0 Å². The second-order valence-corrected chi connectivity index (χ2v) is 4.66. The molecule has 0 saturated carbocycles. The van der Waals surface area contributed by atoms with Crippen LogP contribution in [-0.4, -0.2) is 42.3 Å². The molecule has 0 aromatic heterocycles. The number of benzene rings is 1. The molecule has 1 N–H and O–H groups in total. The van der Waals surface area contributed by atoms with Gasteiger partial charge in [-0.1, -0.05) is 12.1 Å². The highest BCUT2D eigenvalue weighted by atomic mass is 16.5. The quantitative estimate of drug-likeness (QED) is 0.831. The van der Waals surface area contributed by atoms with Gasteiger partial charge in [0.25, 0.3) is 0 Å². The minimum absolute atomic E-state index is 0.341. The van der Waals surface area contributed by atoms with Crippen molar-refractivity contribution in [2.75, 3.05) is 20.2 Å². The van der Waals surface area contributed by atoms with Gasteiger partial charge in [0.05, 0.1) is 12.7 Å². The summed E-state index contributed by atoms with van der Waals surface area (Å²) in [6, 6.07) is 7.36. The zero-order valence-corrected chi connectivity index (χ0v) is 10.8. The molecular weight excluding hydrogens is 246 g/mol. The van der Waals surface area contributed by atoms with Crippen molar-refractivity contribution in [3.63, 3.8) is 0 Å². The summed E-state index contributed by atoms with van der Waals surface area (Å²) in [4.78, 5) is 23.6. The highest BCUT2D eigenvalue weighted by Crippen LogP contribution is 2.28. The number of nitrogens with zero attached hydrogens (tertiary/aromatic N) is 1. The first-order valence-electron chi connectivity index (χ1n) is 6.28. The smallest absolute Gasteiger partial charge is 0.407 e. The third kappa shape index (κ3) is 3.05. The number of hydrogen-bond donors (Lipinski definition) is 1. The number of ether oxygens (including phenoxy) is 1. The first-order chi connectivity index (χ1) is 9.11. The Balaban J connectivity index is 2.00. The fraction of sp³-hybridized carbons (Fsp3) is 0.429. The van der Waals surface area contributed by atoms with Crippen LogP contribution >= 0.6 is 0 Å². The Morgan fingerprint density at radius 3 is 2.26 bits per heavy atom. The molecule has 19 heavy (non-hydrogen) atoms. The Kier molecular flexibility index (Phi) is 4.04. The molecule has 0 spiro atoms. The number of methoxy groups -OCH3 is 1. The van der Waals surface area contributed by atoms with E-state index in [-0.39, 0.29) is 5.97 Å². The minimum atomic E-state index is -0.848. The lowest BCUT2D eigenvalue weighted by atomic mass is 9.89. The van der Waals surface area contributed by atoms with Crippen LogP contribution in [0.5, 0.6) is 0 Å². The first kappa shape index (κ1) is 13.4.